The molecule has 15 heavy (non-hydrogen) atoms. The monoisotopic (exact) mass is 221 g/mol. The van der Waals surface area contributed by atoms with Crippen molar-refractivity contribution >= 4 is 12.6 Å². The third-order valence-corrected chi connectivity index (χ3v) is 2.54. The van der Waals surface area contributed by atoms with Crippen LogP contribution in [0.15, 0.2) is 36.5 Å². The van der Waals surface area contributed by atoms with Crippen molar-refractivity contribution in [3.05, 3.63) is 36.5 Å². The number of hydrogen-bond donors (Lipinski definition) is 1. The van der Waals surface area contributed by atoms with Crippen LogP contribution in [0.5, 0.6) is 0 Å². The Hall–Kier alpha value is -0.940. The van der Waals surface area contributed by atoms with Gasteiger partial charge in [-0.1, -0.05) is 30.9 Å². The first-order valence-corrected chi connectivity index (χ1v) is 5.53. The minimum Gasteiger partial charge on any atom is -0.198 e. The van der Waals surface area contributed by atoms with E-state index in [2.05, 4.69) is 25.3 Å². The molecule has 1 nitrogen and oxygen atoms in total. The Morgan fingerprint density at radius 1 is 1.60 bits per heavy atom. The fourth-order valence-electron chi connectivity index (χ4n) is 1.25. The van der Waals surface area contributed by atoms with Crippen molar-refractivity contribution in [2.24, 2.45) is 5.41 Å². The number of rotatable bonds is 5. The molecule has 1 atom stereocenters. The van der Waals surface area contributed by atoms with Gasteiger partial charge in [0.25, 0.3) is 0 Å². The van der Waals surface area contributed by atoms with Gasteiger partial charge < -0.3 is 0 Å². The van der Waals surface area contributed by atoms with Crippen LogP contribution in [-0.4, -0.2) is 5.25 Å². The third-order valence-electron chi connectivity index (χ3n) is 2.06. The average molecular weight is 221 g/mol. The van der Waals surface area contributed by atoms with Crippen molar-refractivity contribution in [1.82, 2.24) is 0 Å². The second-order valence-corrected chi connectivity index (χ2v) is 4.74. The average Bonchev–Trinajstić information content (AvgIpc) is 2.17. The van der Waals surface area contributed by atoms with E-state index < -0.39 is 0 Å². The number of thiol groups is 1. The predicted octanol–water partition coefficient (Wildman–Crippen LogP) is 3.91. The molecule has 0 amide bonds. The van der Waals surface area contributed by atoms with Gasteiger partial charge in [-0.05, 0) is 32.8 Å². The van der Waals surface area contributed by atoms with Crippen molar-refractivity contribution in [2.45, 2.75) is 32.4 Å². The number of hydrogen-bond acceptors (Lipinski definition) is 2. The lowest BCUT2D eigenvalue weighted by molar-refractivity contribution is 0.459. The summed E-state index contributed by atoms with van der Waals surface area (Å²) in [5, 5.41) is 9.02. The Kier molecular flexibility index (Phi) is 6.12. The molecule has 0 aromatic carbocycles. The first-order valence-electron chi connectivity index (χ1n) is 5.01. The van der Waals surface area contributed by atoms with Crippen molar-refractivity contribution in [2.75, 3.05) is 0 Å². The van der Waals surface area contributed by atoms with Crippen LogP contribution in [0.4, 0.5) is 0 Å². The molecule has 82 valence electrons. The zero-order valence-electron chi connectivity index (χ0n) is 9.70. The summed E-state index contributed by atoms with van der Waals surface area (Å²) in [4.78, 5) is 0. The first kappa shape index (κ1) is 14.1. The quantitative estimate of drug-likeness (QED) is 0.552. The van der Waals surface area contributed by atoms with Gasteiger partial charge >= 0.3 is 0 Å². The molecule has 0 fully saturated rings. The third kappa shape index (κ3) is 5.49. The molecule has 0 rings (SSSR count). The molecule has 0 aliphatic heterocycles. The SMILES string of the molecule is C=CC=C(C=CC)C(S)CC(C)(C)C#N. The standard InChI is InChI=1S/C13H19NS/c1-5-7-11(8-6-2)12(15)9-13(3,4)10-14/h5-8,12,15H,1,9H2,2-4H3. The first-order chi connectivity index (χ1) is 6.96. The molecule has 0 radical (unpaired) electrons. The topological polar surface area (TPSA) is 23.8 Å². The highest BCUT2D eigenvalue weighted by Crippen LogP contribution is 2.27. The Balaban J connectivity index is 4.68. The highest BCUT2D eigenvalue weighted by atomic mass is 32.1. The summed E-state index contributed by atoms with van der Waals surface area (Å²) in [5.74, 6) is 0. The molecular weight excluding hydrogens is 202 g/mol. The molecule has 0 aliphatic carbocycles. The second-order valence-electron chi connectivity index (χ2n) is 4.12. The molecule has 0 aliphatic rings. The molecular formula is C13H19NS. The molecule has 0 N–H and O–H groups in total. The van der Waals surface area contributed by atoms with Crippen LogP contribution in [0.1, 0.15) is 27.2 Å². The van der Waals surface area contributed by atoms with E-state index in [0.29, 0.717) is 0 Å². The van der Waals surface area contributed by atoms with Crippen molar-refractivity contribution in [1.29, 1.82) is 5.26 Å². The van der Waals surface area contributed by atoms with Crippen LogP contribution in [0.2, 0.25) is 0 Å². The summed E-state index contributed by atoms with van der Waals surface area (Å²) in [6.07, 6.45) is 8.39. The van der Waals surface area contributed by atoms with Gasteiger partial charge in [-0.2, -0.15) is 17.9 Å². The highest BCUT2D eigenvalue weighted by Gasteiger charge is 2.21. The summed E-state index contributed by atoms with van der Waals surface area (Å²) in [5.41, 5.74) is 0.757. The Morgan fingerprint density at radius 2 is 2.20 bits per heavy atom. The molecule has 0 heterocycles. The lowest BCUT2D eigenvalue weighted by Gasteiger charge is -2.20. The lowest BCUT2D eigenvalue weighted by Crippen LogP contribution is -2.16. The van der Waals surface area contributed by atoms with Crippen LogP contribution in [0.25, 0.3) is 0 Å². The van der Waals surface area contributed by atoms with E-state index in [9.17, 15) is 0 Å². The van der Waals surface area contributed by atoms with Gasteiger partial charge in [0.15, 0.2) is 0 Å². The van der Waals surface area contributed by atoms with Gasteiger partial charge in [0.1, 0.15) is 0 Å². The molecule has 0 aromatic heterocycles. The number of allylic oxidation sites excluding steroid dienone is 4. The molecule has 2 heteroatoms. The van der Waals surface area contributed by atoms with E-state index in [0.717, 1.165) is 12.0 Å². The number of nitrogens with zero attached hydrogens (tertiary/aromatic N) is 1. The molecule has 0 spiro atoms. The lowest BCUT2D eigenvalue weighted by atomic mass is 9.87. The van der Waals surface area contributed by atoms with E-state index in [4.69, 9.17) is 5.26 Å². The van der Waals surface area contributed by atoms with Crippen LogP contribution in [-0.2, 0) is 0 Å². The van der Waals surface area contributed by atoms with Gasteiger partial charge in [-0.3, -0.25) is 0 Å². The smallest absolute Gasteiger partial charge is 0.0684 e. The van der Waals surface area contributed by atoms with Crippen molar-refractivity contribution in [3.63, 3.8) is 0 Å². The zero-order valence-corrected chi connectivity index (χ0v) is 10.6. The van der Waals surface area contributed by atoms with E-state index in [1.165, 1.54) is 0 Å². The Labute approximate surface area is 98.6 Å². The van der Waals surface area contributed by atoms with E-state index in [1.807, 2.05) is 39.0 Å². The summed E-state index contributed by atoms with van der Waals surface area (Å²) in [6, 6.07) is 2.29. The molecule has 0 saturated carbocycles. The highest BCUT2D eigenvalue weighted by molar-refractivity contribution is 7.81. The maximum absolute atomic E-state index is 8.94. The summed E-state index contributed by atoms with van der Waals surface area (Å²) >= 11 is 4.52. The van der Waals surface area contributed by atoms with Gasteiger partial charge in [0.2, 0.25) is 0 Å². The van der Waals surface area contributed by atoms with E-state index >= 15 is 0 Å². The van der Waals surface area contributed by atoms with E-state index in [-0.39, 0.29) is 10.7 Å². The van der Waals surface area contributed by atoms with Gasteiger partial charge in [-0.25, -0.2) is 0 Å². The summed E-state index contributed by atoms with van der Waals surface area (Å²) in [6.45, 7) is 9.49. The molecule has 1 unspecified atom stereocenters. The van der Waals surface area contributed by atoms with Crippen LogP contribution >= 0.6 is 12.6 Å². The van der Waals surface area contributed by atoms with E-state index in [1.54, 1.807) is 6.08 Å². The van der Waals surface area contributed by atoms with Crippen LogP contribution < -0.4 is 0 Å². The minimum absolute atomic E-state index is 0.0776. The maximum Gasteiger partial charge on any atom is 0.0684 e. The minimum atomic E-state index is -0.339. The van der Waals surface area contributed by atoms with Gasteiger partial charge in [0.05, 0.1) is 11.5 Å². The molecule has 0 bridgehead atoms. The predicted molar refractivity (Wildman–Crippen MR) is 69.9 cm³/mol. The zero-order chi connectivity index (χ0) is 11.9. The van der Waals surface area contributed by atoms with Crippen LogP contribution in [0.3, 0.4) is 0 Å². The van der Waals surface area contributed by atoms with Crippen molar-refractivity contribution < 1.29 is 0 Å². The normalized spacial score (nSPS) is 15.0. The summed E-state index contributed by atoms with van der Waals surface area (Å²) in [7, 11) is 0. The fraction of sp³-hybridized carbons (Fsp3) is 0.462. The van der Waals surface area contributed by atoms with Gasteiger partial charge in [-0.15, -0.1) is 0 Å². The molecule has 0 saturated heterocycles. The number of nitriles is 1. The second kappa shape index (κ2) is 6.53. The molecule has 0 aromatic rings. The van der Waals surface area contributed by atoms with Crippen LogP contribution in [0, 0.1) is 16.7 Å². The van der Waals surface area contributed by atoms with Gasteiger partial charge in [0, 0.05) is 5.25 Å². The maximum atomic E-state index is 8.94. The Bertz CT molecular complexity index is 305. The Morgan fingerprint density at radius 3 is 2.60 bits per heavy atom. The summed E-state index contributed by atoms with van der Waals surface area (Å²) < 4.78 is 0. The van der Waals surface area contributed by atoms with Crippen molar-refractivity contribution in [3.8, 4) is 6.07 Å². The fourth-order valence-corrected chi connectivity index (χ4v) is 1.88. The largest absolute Gasteiger partial charge is 0.198 e.